The van der Waals surface area contributed by atoms with Gasteiger partial charge in [-0.1, -0.05) is 31.5 Å². The van der Waals surface area contributed by atoms with Gasteiger partial charge in [0.05, 0.1) is 31.4 Å². The van der Waals surface area contributed by atoms with Crippen LogP contribution in [-0.2, 0) is 26.2 Å². The fourth-order valence-corrected chi connectivity index (χ4v) is 5.87. The molecule has 0 aromatic heterocycles. The molecule has 44 heavy (non-hydrogen) atoms. The molecule has 3 rings (SSSR count). The average Bonchev–Trinajstić information content (AvgIpc) is 3.03. The molecule has 1 atom stereocenters. The maximum Gasteiger partial charge on any atom is 0.264 e. The van der Waals surface area contributed by atoms with E-state index in [1.54, 1.807) is 18.2 Å². The lowest BCUT2D eigenvalue weighted by molar-refractivity contribution is -0.139. The number of hydrogen-bond acceptors (Lipinski definition) is 7. The summed E-state index contributed by atoms with van der Waals surface area (Å²) in [4.78, 5) is 28.1. The zero-order chi connectivity index (χ0) is 32.3. The number of amides is 2. The predicted octanol–water partition coefficient (Wildman–Crippen LogP) is 4.77. The van der Waals surface area contributed by atoms with Gasteiger partial charge in [0.15, 0.2) is 11.5 Å². The van der Waals surface area contributed by atoms with E-state index in [2.05, 4.69) is 5.32 Å². The quantitative estimate of drug-likeness (QED) is 0.227. The second-order valence-corrected chi connectivity index (χ2v) is 11.8. The molecule has 10 nitrogen and oxygen atoms in total. The van der Waals surface area contributed by atoms with Gasteiger partial charge in [0, 0.05) is 24.7 Å². The number of benzene rings is 3. The molecule has 2 amide bonds. The number of nitrogens with one attached hydrogen (secondary N) is 1. The molecule has 1 N–H and O–H groups in total. The van der Waals surface area contributed by atoms with Crippen molar-refractivity contribution in [2.45, 2.75) is 51.1 Å². The van der Waals surface area contributed by atoms with E-state index in [1.165, 1.54) is 74.6 Å². The Hall–Kier alpha value is -4.32. The van der Waals surface area contributed by atoms with Gasteiger partial charge >= 0.3 is 0 Å². The zero-order valence-electron chi connectivity index (χ0n) is 25.7. The van der Waals surface area contributed by atoms with Gasteiger partial charge in [-0.25, -0.2) is 12.8 Å². The molecule has 3 aromatic rings. The van der Waals surface area contributed by atoms with Crippen LogP contribution in [0.15, 0.2) is 71.6 Å². The number of carbonyl (C=O) groups is 2. The van der Waals surface area contributed by atoms with Crippen LogP contribution in [0.5, 0.6) is 17.2 Å². The number of sulfonamides is 1. The maximum absolute atomic E-state index is 14.7. The second kappa shape index (κ2) is 15.9. The largest absolute Gasteiger partial charge is 0.494 e. The van der Waals surface area contributed by atoms with Crippen molar-refractivity contribution in [1.82, 2.24) is 10.2 Å². The third-order valence-corrected chi connectivity index (χ3v) is 8.72. The van der Waals surface area contributed by atoms with E-state index in [0.717, 1.165) is 17.1 Å². The lowest BCUT2D eigenvalue weighted by Crippen LogP contribution is -2.51. The van der Waals surface area contributed by atoms with Crippen molar-refractivity contribution in [2.75, 3.05) is 38.2 Å². The van der Waals surface area contributed by atoms with Gasteiger partial charge in [-0.2, -0.15) is 0 Å². The minimum absolute atomic E-state index is 0.150. The molecule has 0 fully saturated rings. The van der Waals surface area contributed by atoms with E-state index >= 15 is 0 Å². The third-order valence-electron chi connectivity index (χ3n) is 6.95. The number of unbranched alkanes of at least 4 members (excludes halogenated alkanes) is 1. The molecule has 0 aliphatic heterocycles. The van der Waals surface area contributed by atoms with E-state index in [0.29, 0.717) is 24.7 Å². The summed E-state index contributed by atoms with van der Waals surface area (Å²) in [5.41, 5.74) is 0.368. The minimum Gasteiger partial charge on any atom is -0.494 e. The molecule has 0 spiro atoms. The predicted molar refractivity (Wildman–Crippen MR) is 166 cm³/mol. The molecule has 0 heterocycles. The number of ether oxygens (including phenoxy) is 3. The van der Waals surface area contributed by atoms with E-state index in [4.69, 9.17) is 14.2 Å². The number of halogens is 1. The summed E-state index contributed by atoms with van der Waals surface area (Å²) in [7, 11) is -1.56. The van der Waals surface area contributed by atoms with Gasteiger partial charge in [0.25, 0.3) is 10.0 Å². The van der Waals surface area contributed by atoms with Gasteiger partial charge in [-0.15, -0.1) is 0 Å². The second-order valence-electron chi connectivity index (χ2n) is 9.89. The van der Waals surface area contributed by atoms with Crippen LogP contribution in [0.4, 0.5) is 10.1 Å². The van der Waals surface area contributed by atoms with Crippen molar-refractivity contribution < 1.29 is 36.6 Å². The minimum atomic E-state index is -4.38. The maximum atomic E-state index is 14.7. The first-order chi connectivity index (χ1) is 21.1. The Balaban J connectivity index is 2.07. The topological polar surface area (TPSA) is 114 Å². The average molecular weight is 630 g/mol. The normalized spacial score (nSPS) is 11.8. The van der Waals surface area contributed by atoms with Crippen molar-refractivity contribution in [2.24, 2.45) is 0 Å². The third kappa shape index (κ3) is 8.40. The van der Waals surface area contributed by atoms with Crippen LogP contribution in [0.1, 0.15) is 39.2 Å². The first-order valence-corrected chi connectivity index (χ1v) is 15.8. The van der Waals surface area contributed by atoms with E-state index in [9.17, 15) is 22.4 Å². The Labute approximate surface area is 258 Å². The van der Waals surface area contributed by atoms with Gasteiger partial charge in [0.2, 0.25) is 11.8 Å². The highest BCUT2D eigenvalue weighted by Crippen LogP contribution is 2.33. The van der Waals surface area contributed by atoms with Gasteiger partial charge in [-0.05, 0) is 62.7 Å². The Kier molecular flexibility index (Phi) is 12.4. The van der Waals surface area contributed by atoms with Crippen LogP contribution in [-0.4, -0.2) is 65.1 Å². The molecule has 0 aliphatic carbocycles. The van der Waals surface area contributed by atoms with Crippen molar-refractivity contribution in [3.8, 4) is 17.2 Å². The molecular formula is C32H40FN3O7S. The first kappa shape index (κ1) is 34.2. The Bertz CT molecular complexity index is 1520. The number of rotatable bonds is 16. The van der Waals surface area contributed by atoms with E-state index in [1.807, 2.05) is 13.8 Å². The molecular weight excluding hydrogens is 589 g/mol. The van der Waals surface area contributed by atoms with Crippen molar-refractivity contribution in [1.29, 1.82) is 0 Å². The molecule has 0 saturated heterocycles. The summed E-state index contributed by atoms with van der Waals surface area (Å²) in [6, 6.07) is 15.3. The van der Waals surface area contributed by atoms with Gasteiger partial charge in [-0.3, -0.25) is 13.9 Å². The van der Waals surface area contributed by atoms with Crippen molar-refractivity contribution in [3.63, 3.8) is 0 Å². The van der Waals surface area contributed by atoms with Gasteiger partial charge < -0.3 is 24.4 Å². The molecule has 0 unspecified atom stereocenters. The first-order valence-electron chi connectivity index (χ1n) is 14.4. The van der Waals surface area contributed by atoms with Crippen LogP contribution in [0.2, 0.25) is 0 Å². The van der Waals surface area contributed by atoms with Crippen LogP contribution >= 0.6 is 0 Å². The zero-order valence-corrected chi connectivity index (χ0v) is 26.5. The molecule has 0 radical (unpaired) electrons. The standard InChI is InChI=1S/C32H40FN3O7S/c1-6-8-19-34-32(38)23(3)35(21-24-11-9-10-12-28(24)33)31(37)22-36(25-13-15-26(16-14-25)43-7-2)44(39,40)27-17-18-29(41-4)30(20-27)42-5/h9-18,20,23H,6-8,19,21-22H2,1-5H3,(H,34,38)/t23-/m1/s1. The van der Waals surface area contributed by atoms with Crippen LogP contribution in [0, 0.1) is 5.82 Å². The monoisotopic (exact) mass is 629 g/mol. The highest BCUT2D eigenvalue weighted by molar-refractivity contribution is 7.92. The molecule has 3 aromatic carbocycles. The summed E-state index contributed by atoms with van der Waals surface area (Å²) < 4.78 is 60.0. The van der Waals surface area contributed by atoms with Crippen LogP contribution in [0.3, 0.4) is 0 Å². The molecule has 0 aliphatic rings. The van der Waals surface area contributed by atoms with E-state index < -0.39 is 40.2 Å². The molecule has 12 heteroatoms. The van der Waals surface area contributed by atoms with Crippen molar-refractivity contribution in [3.05, 3.63) is 78.1 Å². The highest BCUT2D eigenvalue weighted by atomic mass is 32.2. The lowest BCUT2D eigenvalue weighted by atomic mass is 10.1. The Morgan fingerprint density at radius 2 is 1.64 bits per heavy atom. The smallest absolute Gasteiger partial charge is 0.264 e. The number of hydrogen-bond donors (Lipinski definition) is 1. The number of methoxy groups -OCH3 is 2. The Morgan fingerprint density at radius 3 is 2.25 bits per heavy atom. The summed E-state index contributed by atoms with van der Waals surface area (Å²) in [6.07, 6.45) is 1.60. The highest BCUT2D eigenvalue weighted by Gasteiger charge is 2.33. The van der Waals surface area contributed by atoms with Crippen molar-refractivity contribution >= 4 is 27.5 Å². The summed E-state index contributed by atoms with van der Waals surface area (Å²) in [6.45, 7) is 5.24. The Morgan fingerprint density at radius 1 is 0.955 bits per heavy atom. The fourth-order valence-electron chi connectivity index (χ4n) is 4.44. The van der Waals surface area contributed by atoms with Crippen LogP contribution in [0.25, 0.3) is 0 Å². The SMILES string of the molecule is CCCCNC(=O)[C@@H](C)N(Cc1ccccc1F)C(=O)CN(c1ccc(OCC)cc1)S(=O)(=O)c1ccc(OC)c(OC)c1. The number of anilines is 1. The van der Waals surface area contributed by atoms with Crippen LogP contribution < -0.4 is 23.8 Å². The summed E-state index contributed by atoms with van der Waals surface area (Å²) in [5.74, 6) is -0.656. The summed E-state index contributed by atoms with van der Waals surface area (Å²) in [5, 5.41) is 2.80. The molecule has 0 saturated carbocycles. The summed E-state index contributed by atoms with van der Waals surface area (Å²) >= 11 is 0. The number of carbonyl (C=O) groups excluding carboxylic acids is 2. The molecule has 0 bridgehead atoms. The number of nitrogens with zero attached hydrogens (tertiary/aromatic N) is 2. The van der Waals surface area contributed by atoms with E-state index in [-0.39, 0.29) is 28.4 Å². The lowest BCUT2D eigenvalue weighted by Gasteiger charge is -2.32. The molecule has 238 valence electrons. The fraction of sp³-hybridized carbons (Fsp3) is 0.375. The van der Waals surface area contributed by atoms with Gasteiger partial charge in [0.1, 0.15) is 24.2 Å².